The van der Waals surface area contributed by atoms with E-state index in [4.69, 9.17) is 9.47 Å². The van der Waals surface area contributed by atoms with Crippen molar-refractivity contribution in [1.29, 1.82) is 0 Å². The normalized spacial score (nSPS) is 19.2. The van der Waals surface area contributed by atoms with Crippen molar-refractivity contribution in [2.75, 3.05) is 6.54 Å². The third kappa shape index (κ3) is 4.42. The summed E-state index contributed by atoms with van der Waals surface area (Å²) >= 11 is 0. The largest absolute Gasteiger partial charge is 0.514 e. The Kier molecular flexibility index (Phi) is 6.68. The molecule has 0 bridgehead atoms. The highest BCUT2D eigenvalue weighted by Crippen LogP contribution is 2.46. The molecule has 3 aromatic rings. The zero-order valence-corrected chi connectivity index (χ0v) is 20.6. The molecule has 3 atom stereocenters. The Morgan fingerprint density at radius 1 is 1.11 bits per heavy atom. The lowest BCUT2D eigenvalue weighted by atomic mass is 9.79. The van der Waals surface area contributed by atoms with Gasteiger partial charge in [0.15, 0.2) is 17.3 Å². The Bertz CT molecular complexity index is 1470. The van der Waals surface area contributed by atoms with Crippen LogP contribution in [0.15, 0.2) is 53.5 Å². The minimum Gasteiger partial charge on any atom is -0.431 e. The van der Waals surface area contributed by atoms with E-state index in [1.165, 1.54) is 39.9 Å². The maximum Gasteiger partial charge on any atom is 0.514 e. The monoisotopic (exact) mass is 527 g/mol. The van der Waals surface area contributed by atoms with E-state index >= 15 is 4.39 Å². The van der Waals surface area contributed by atoms with Gasteiger partial charge in [-0.25, -0.2) is 22.6 Å². The average Bonchev–Trinajstić information content (AvgIpc) is 3.35. The number of fused-ring (bicyclic) bond motifs is 2. The van der Waals surface area contributed by atoms with Gasteiger partial charge in [-0.15, -0.1) is 0 Å². The molecule has 2 aliphatic heterocycles. The first-order valence-corrected chi connectivity index (χ1v) is 12.2. The van der Waals surface area contributed by atoms with Crippen molar-refractivity contribution in [2.45, 2.75) is 50.8 Å². The minimum atomic E-state index is -1.18. The first kappa shape index (κ1) is 25.5. The van der Waals surface area contributed by atoms with Gasteiger partial charge >= 0.3 is 6.16 Å². The summed E-state index contributed by atoms with van der Waals surface area (Å²) in [7, 11) is 0. The van der Waals surface area contributed by atoms with Crippen molar-refractivity contribution < 1.29 is 32.2 Å². The predicted molar refractivity (Wildman–Crippen MR) is 128 cm³/mol. The first-order chi connectivity index (χ1) is 18.2. The molecule has 2 aromatic carbocycles. The fourth-order valence-corrected chi connectivity index (χ4v) is 5.35. The van der Waals surface area contributed by atoms with Gasteiger partial charge in [0, 0.05) is 18.0 Å². The van der Waals surface area contributed by atoms with Gasteiger partial charge < -0.3 is 14.4 Å². The molecule has 0 saturated carbocycles. The summed E-state index contributed by atoms with van der Waals surface area (Å²) in [5.41, 5.74) is -0.913. The molecule has 8 nitrogen and oxygen atoms in total. The maximum atomic E-state index is 15.3. The van der Waals surface area contributed by atoms with Crippen LogP contribution in [0.25, 0.3) is 0 Å². The Labute approximate surface area is 215 Å². The second-order valence-corrected chi connectivity index (χ2v) is 9.52. The van der Waals surface area contributed by atoms with Crippen molar-refractivity contribution >= 4 is 12.1 Å². The van der Waals surface area contributed by atoms with Gasteiger partial charge in [-0.1, -0.05) is 24.3 Å². The van der Waals surface area contributed by atoms with Gasteiger partial charge in [-0.3, -0.25) is 9.59 Å². The molecule has 38 heavy (non-hydrogen) atoms. The fourth-order valence-electron chi connectivity index (χ4n) is 5.35. The zero-order chi connectivity index (χ0) is 27.1. The van der Waals surface area contributed by atoms with Gasteiger partial charge in [-0.2, -0.15) is 5.10 Å². The van der Waals surface area contributed by atoms with Crippen molar-refractivity contribution in [2.24, 2.45) is 0 Å². The molecule has 11 heteroatoms. The van der Waals surface area contributed by atoms with Crippen LogP contribution < -0.4 is 10.2 Å². The number of amides is 1. The van der Waals surface area contributed by atoms with Gasteiger partial charge in [0.05, 0.1) is 24.4 Å². The van der Waals surface area contributed by atoms with Crippen LogP contribution in [0.1, 0.15) is 60.3 Å². The van der Waals surface area contributed by atoms with Gasteiger partial charge in [0.1, 0.15) is 5.82 Å². The lowest BCUT2D eigenvalue weighted by Gasteiger charge is -2.42. The summed E-state index contributed by atoms with van der Waals surface area (Å²) in [5, 5.41) is 4.20. The molecule has 0 unspecified atom stereocenters. The lowest BCUT2D eigenvalue weighted by Crippen LogP contribution is -2.51. The molecule has 0 spiro atoms. The SMILES string of the molecule is CC(C)OC(=O)Oc1c2n(ncc1=O)[C@@H]([C@H](c1cccc(F)c1)c1cccc(F)c1F)[C@H]1CCCN1C2=O. The third-order valence-electron chi connectivity index (χ3n) is 6.79. The Morgan fingerprint density at radius 3 is 2.61 bits per heavy atom. The van der Waals surface area contributed by atoms with Crippen LogP contribution in [0.4, 0.5) is 18.0 Å². The number of carbonyl (C=O) groups excluding carboxylic acids is 2. The number of ether oxygens (including phenoxy) is 2. The number of hydrogen-bond donors (Lipinski definition) is 0. The quantitative estimate of drug-likeness (QED) is 0.452. The molecule has 1 aromatic heterocycles. The molecule has 1 amide bonds. The maximum absolute atomic E-state index is 15.3. The van der Waals surface area contributed by atoms with Crippen LogP contribution in [0.3, 0.4) is 0 Å². The summed E-state index contributed by atoms with van der Waals surface area (Å²) in [6.45, 7) is 3.49. The van der Waals surface area contributed by atoms with Crippen molar-refractivity contribution in [3.8, 4) is 5.75 Å². The minimum absolute atomic E-state index is 0.0741. The molecule has 2 aliphatic rings. The Balaban J connectivity index is 1.76. The van der Waals surface area contributed by atoms with E-state index in [2.05, 4.69) is 5.10 Å². The van der Waals surface area contributed by atoms with Crippen LogP contribution >= 0.6 is 0 Å². The van der Waals surface area contributed by atoms with E-state index in [-0.39, 0.29) is 11.3 Å². The number of halogens is 3. The second-order valence-electron chi connectivity index (χ2n) is 9.52. The number of benzene rings is 2. The second kappa shape index (κ2) is 9.96. The standard InChI is InChI=1S/C27H24F3N3O5/c1-14(2)37-27(36)38-25-20(34)13-31-33-23(19-10-5-11-32(19)26(35)24(25)33)21(15-6-3-7-16(28)12-15)17-8-4-9-18(29)22(17)30/h3-4,6-9,12-14,19,21,23H,5,10-11H2,1-2H3/t19-,21-,23-/m1/s1. The highest BCUT2D eigenvalue weighted by atomic mass is 19.2. The summed E-state index contributed by atoms with van der Waals surface area (Å²) in [6, 6.07) is 7.74. The van der Waals surface area contributed by atoms with E-state index in [0.717, 1.165) is 12.3 Å². The van der Waals surface area contributed by atoms with E-state index in [1.54, 1.807) is 19.9 Å². The number of aromatic nitrogens is 2. The Hall–Kier alpha value is -4.15. The molecule has 0 aliphatic carbocycles. The molecule has 0 radical (unpaired) electrons. The zero-order valence-electron chi connectivity index (χ0n) is 20.6. The first-order valence-electron chi connectivity index (χ1n) is 12.2. The van der Waals surface area contributed by atoms with E-state index in [1.807, 2.05) is 0 Å². The van der Waals surface area contributed by atoms with E-state index in [9.17, 15) is 23.2 Å². The number of nitrogens with zero attached hydrogens (tertiary/aromatic N) is 3. The topological polar surface area (TPSA) is 90.7 Å². The number of carbonyl (C=O) groups is 2. The smallest absolute Gasteiger partial charge is 0.431 e. The third-order valence-corrected chi connectivity index (χ3v) is 6.79. The fraction of sp³-hybridized carbons (Fsp3) is 0.333. The van der Waals surface area contributed by atoms with Crippen LogP contribution in [0, 0.1) is 17.5 Å². The summed E-state index contributed by atoms with van der Waals surface area (Å²) in [5.74, 6) is -5.00. The van der Waals surface area contributed by atoms with E-state index in [0.29, 0.717) is 24.9 Å². The number of hydrogen-bond acceptors (Lipinski definition) is 6. The van der Waals surface area contributed by atoms with Crippen LogP contribution in [0.5, 0.6) is 5.75 Å². The van der Waals surface area contributed by atoms with E-state index < -0.39 is 64.8 Å². The highest BCUT2D eigenvalue weighted by molar-refractivity contribution is 5.97. The van der Waals surface area contributed by atoms with Crippen LogP contribution in [-0.4, -0.2) is 45.4 Å². The molecular weight excluding hydrogens is 503 g/mol. The lowest BCUT2D eigenvalue weighted by molar-refractivity contribution is 0.0543. The average molecular weight is 527 g/mol. The highest BCUT2D eigenvalue weighted by Gasteiger charge is 2.49. The predicted octanol–water partition coefficient (Wildman–Crippen LogP) is 4.58. The molecule has 0 N–H and O–H groups in total. The van der Waals surface area contributed by atoms with Crippen molar-refractivity contribution in [3.05, 3.63) is 93.2 Å². The molecular formula is C27H24F3N3O5. The van der Waals surface area contributed by atoms with Crippen LogP contribution in [-0.2, 0) is 4.74 Å². The molecule has 3 heterocycles. The summed E-state index contributed by atoms with van der Waals surface area (Å²) in [6.07, 6.45) is 0.243. The van der Waals surface area contributed by atoms with Gasteiger partial charge in [-0.05, 0) is 50.5 Å². The number of rotatable bonds is 5. The Morgan fingerprint density at radius 2 is 1.87 bits per heavy atom. The van der Waals surface area contributed by atoms with Crippen molar-refractivity contribution in [1.82, 2.24) is 14.7 Å². The molecule has 5 rings (SSSR count). The molecule has 1 saturated heterocycles. The van der Waals surface area contributed by atoms with Gasteiger partial charge in [0.25, 0.3) is 5.91 Å². The van der Waals surface area contributed by atoms with Crippen LogP contribution in [0.2, 0.25) is 0 Å². The molecule has 198 valence electrons. The summed E-state index contributed by atoms with van der Waals surface area (Å²) < 4.78 is 55.6. The summed E-state index contributed by atoms with van der Waals surface area (Å²) in [4.78, 5) is 40.2. The van der Waals surface area contributed by atoms with Gasteiger partial charge in [0.2, 0.25) is 11.2 Å². The van der Waals surface area contributed by atoms with Crippen molar-refractivity contribution in [3.63, 3.8) is 0 Å². The molecule has 1 fully saturated rings.